The molecule has 2 aromatic carbocycles. The van der Waals surface area contributed by atoms with Crippen LogP contribution in [0.2, 0.25) is 0 Å². The fraction of sp³-hybridized carbons (Fsp3) is 0.250. The van der Waals surface area contributed by atoms with Crippen LogP contribution in [0.4, 0.5) is 5.69 Å². The lowest BCUT2D eigenvalue weighted by molar-refractivity contribution is -0.141. The molecule has 2 aromatic rings. The fourth-order valence-corrected chi connectivity index (χ4v) is 3.17. The molecular formula is C20H19NO5. The van der Waals surface area contributed by atoms with E-state index in [-0.39, 0.29) is 18.1 Å². The second kappa shape index (κ2) is 7.39. The Morgan fingerprint density at radius 1 is 1.12 bits per heavy atom. The van der Waals surface area contributed by atoms with Gasteiger partial charge in [0.05, 0.1) is 24.4 Å². The number of methoxy groups -OCH3 is 1. The van der Waals surface area contributed by atoms with Crippen molar-refractivity contribution in [3.63, 3.8) is 0 Å². The van der Waals surface area contributed by atoms with Gasteiger partial charge in [-0.15, -0.1) is 0 Å². The summed E-state index contributed by atoms with van der Waals surface area (Å²) in [6.07, 6.45) is 0.519. The Labute approximate surface area is 151 Å². The van der Waals surface area contributed by atoms with E-state index in [4.69, 9.17) is 9.47 Å². The number of nitrogens with zero attached hydrogens (tertiary/aromatic N) is 1. The summed E-state index contributed by atoms with van der Waals surface area (Å²) in [5.74, 6) is -1.18. The van der Waals surface area contributed by atoms with Gasteiger partial charge >= 0.3 is 11.9 Å². The van der Waals surface area contributed by atoms with Crippen molar-refractivity contribution < 1.29 is 23.9 Å². The van der Waals surface area contributed by atoms with E-state index < -0.39 is 18.0 Å². The first kappa shape index (κ1) is 17.7. The third-order valence-electron chi connectivity index (χ3n) is 4.34. The van der Waals surface area contributed by atoms with Gasteiger partial charge < -0.3 is 14.4 Å². The monoisotopic (exact) mass is 353 g/mol. The molecule has 26 heavy (non-hydrogen) atoms. The first-order chi connectivity index (χ1) is 12.5. The molecule has 0 saturated heterocycles. The van der Waals surface area contributed by atoms with Gasteiger partial charge in [-0.25, -0.2) is 4.79 Å². The highest BCUT2D eigenvalue weighted by Crippen LogP contribution is 2.31. The van der Waals surface area contributed by atoms with Crippen LogP contribution in [-0.4, -0.2) is 37.6 Å². The number of anilines is 1. The minimum absolute atomic E-state index is 0.0465. The van der Waals surface area contributed by atoms with E-state index in [2.05, 4.69) is 0 Å². The molecule has 0 saturated carbocycles. The highest BCUT2D eigenvalue weighted by Gasteiger charge is 2.35. The third kappa shape index (κ3) is 3.31. The number of benzene rings is 2. The van der Waals surface area contributed by atoms with Crippen LogP contribution in [0.15, 0.2) is 48.5 Å². The largest absolute Gasteiger partial charge is 0.465 e. The zero-order chi connectivity index (χ0) is 18.7. The predicted octanol–water partition coefficient (Wildman–Crippen LogP) is 2.61. The molecule has 134 valence electrons. The number of carbonyl (C=O) groups excluding carboxylic acids is 3. The van der Waals surface area contributed by atoms with E-state index >= 15 is 0 Å². The summed E-state index contributed by atoms with van der Waals surface area (Å²) < 4.78 is 10.0. The lowest BCUT2D eigenvalue weighted by Crippen LogP contribution is -2.49. The van der Waals surface area contributed by atoms with Crippen molar-refractivity contribution in [2.24, 2.45) is 0 Å². The molecule has 6 nitrogen and oxygen atoms in total. The predicted molar refractivity (Wildman–Crippen MR) is 95.2 cm³/mol. The SMILES string of the molecule is COC(=O)c1ccccc1N1C(=O)c2ccccc2CC1COC(C)=O. The smallest absolute Gasteiger partial charge is 0.339 e. The molecule has 1 unspecified atom stereocenters. The highest BCUT2D eigenvalue weighted by molar-refractivity contribution is 6.11. The van der Waals surface area contributed by atoms with Gasteiger partial charge in [-0.2, -0.15) is 0 Å². The molecule has 0 aliphatic carbocycles. The number of fused-ring (bicyclic) bond motifs is 1. The van der Waals surface area contributed by atoms with Crippen molar-refractivity contribution >= 4 is 23.5 Å². The van der Waals surface area contributed by atoms with Crippen molar-refractivity contribution in [2.75, 3.05) is 18.6 Å². The lowest BCUT2D eigenvalue weighted by Gasteiger charge is -2.37. The minimum atomic E-state index is -0.529. The molecule has 3 rings (SSSR count). The van der Waals surface area contributed by atoms with Crippen LogP contribution < -0.4 is 4.90 Å². The fourth-order valence-electron chi connectivity index (χ4n) is 3.17. The Balaban J connectivity index is 2.08. The summed E-state index contributed by atoms with van der Waals surface area (Å²) >= 11 is 0. The molecular weight excluding hydrogens is 334 g/mol. The number of carbonyl (C=O) groups is 3. The van der Waals surface area contributed by atoms with Crippen LogP contribution in [0.25, 0.3) is 0 Å². The van der Waals surface area contributed by atoms with Gasteiger partial charge in [0, 0.05) is 12.5 Å². The van der Waals surface area contributed by atoms with Crippen molar-refractivity contribution in [3.8, 4) is 0 Å². The van der Waals surface area contributed by atoms with E-state index in [0.29, 0.717) is 17.7 Å². The summed E-state index contributed by atoms with van der Waals surface area (Å²) in [7, 11) is 1.29. The maximum Gasteiger partial charge on any atom is 0.339 e. The number of amides is 1. The van der Waals surface area contributed by atoms with Gasteiger partial charge in [-0.05, 0) is 30.2 Å². The average Bonchev–Trinajstić information content (AvgIpc) is 2.66. The Kier molecular flexibility index (Phi) is 5.02. The maximum atomic E-state index is 13.2. The Morgan fingerprint density at radius 3 is 2.54 bits per heavy atom. The summed E-state index contributed by atoms with van der Waals surface area (Å²) in [5.41, 5.74) is 2.19. The van der Waals surface area contributed by atoms with E-state index in [1.54, 1.807) is 36.4 Å². The number of hydrogen-bond donors (Lipinski definition) is 0. The van der Waals surface area contributed by atoms with Crippen LogP contribution >= 0.6 is 0 Å². The number of para-hydroxylation sites is 1. The molecule has 0 aromatic heterocycles. The first-order valence-electron chi connectivity index (χ1n) is 8.25. The highest BCUT2D eigenvalue weighted by atomic mass is 16.5. The van der Waals surface area contributed by atoms with Crippen LogP contribution in [-0.2, 0) is 20.7 Å². The van der Waals surface area contributed by atoms with E-state index in [0.717, 1.165) is 5.56 Å². The van der Waals surface area contributed by atoms with Gasteiger partial charge in [0.1, 0.15) is 6.61 Å². The first-order valence-corrected chi connectivity index (χ1v) is 8.25. The molecule has 1 aliphatic heterocycles. The molecule has 6 heteroatoms. The summed E-state index contributed by atoms with van der Waals surface area (Å²) in [4.78, 5) is 38.1. The zero-order valence-electron chi connectivity index (χ0n) is 14.6. The second-order valence-corrected chi connectivity index (χ2v) is 6.00. The molecule has 0 N–H and O–H groups in total. The van der Waals surface area contributed by atoms with Crippen molar-refractivity contribution in [2.45, 2.75) is 19.4 Å². The van der Waals surface area contributed by atoms with Gasteiger partial charge in [-0.3, -0.25) is 9.59 Å². The number of esters is 2. The molecule has 1 atom stereocenters. The van der Waals surface area contributed by atoms with Crippen LogP contribution in [0, 0.1) is 0 Å². The van der Waals surface area contributed by atoms with Gasteiger partial charge in [-0.1, -0.05) is 30.3 Å². The van der Waals surface area contributed by atoms with E-state index in [9.17, 15) is 14.4 Å². The molecule has 1 aliphatic rings. The van der Waals surface area contributed by atoms with Crippen LogP contribution in [0.3, 0.4) is 0 Å². The summed E-state index contributed by atoms with van der Waals surface area (Å²) in [5, 5.41) is 0. The Morgan fingerprint density at radius 2 is 1.81 bits per heavy atom. The summed E-state index contributed by atoms with van der Waals surface area (Å²) in [6, 6.07) is 13.7. The average molecular weight is 353 g/mol. The van der Waals surface area contributed by atoms with Gasteiger partial charge in [0.2, 0.25) is 0 Å². The topological polar surface area (TPSA) is 72.9 Å². The van der Waals surface area contributed by atoms with Crippen molar-refractivity contribution in [3.05, 3.63) is 65.2 Å². The Hall–Kier alpha value is -3.15. The Bertz CT molecular complexity index is 861. The normalized spacial score (nSPS) is 16.0. The zero-order valence-corrected chi connectivity index (χ0v) is 14.6. The van der Waals surface area contributed by atoms with Crippen LogP contribution in [0.5, 0.6) is 0 Å². The number of hydrogen-bond acceptors (Lipinski definition) is 5. The molecule has 0 spiro atoms. The van der Waals surface area contributed by atoms with Crippen molar-refractivity contribution in [1.29, 1.82) is 0 Å². The van der Waals surface area contributed by atoms with Gasteiger partial charge in [0.15, 0.2) is 0 Å². The third-order valence-corrected chi connectivity index (χ3v) is 4.34. The minimum Gasteiger partial charge on any atom is -0.465 e. The quantitative estimate of drug-likeness (QED) is 0.790. The molecule has 0 radical (unpaired) electrons. The molecule has 0 fully saturated rings. The molecule has 1 heterocycles. The maximum absolute atomic E-state index is 13.2. The summed E-state index contributed by atoms with van der Waals surface area (Å²) in [6.45, 7) is 1.37. The lowest BCUT2D eigenvalue weighted by atomic mass is 9.92. The molecule has 0 bridgehead atoms. The molecule has 1 amide bonds. The van der Waals surface area contributed by atoms with Crippen molar-refractivity contribution in [1.82, 2.24) is 0 Å². The second-order valence-electron chi connectivity index (χ2n) is 6.00. The number of ether oxygens (including phenoxy) is 2. The van der Waals surface area contributed by atoms with E-state index in [1.807, 2.05) is 12.1 Å². The standard InChI is InChI=1S/C20H19NO5/c1-13(22)26-12-15-11-14-7-3-4-8-16(14)19(23)21(15)18-10-6-5-9-17(18)20(24)25-2/h3-10,15H,11-12H2,1-2H3. The van der Waals surface area contributed by atoms with Gasteiger partial charge in [0.25, 0.3) is 5.91 Å². The van der Waals surface area contributed by atoms with E-state index in [1.165, 1.54) is 18.9 Å². The van der Waals surface area contributed by atoms with Crippen LogP contribution in [0.1, 0.15) is 33.2 Å². The number of rotatable bonds is 4.